The summed E-state index contributed by atoms with van der Waals surface area (Å²) in [6, 6.07) is 18.3. The number of piperidine rings is 1. The summed E-state index contributed by atoms with van der Waals surface area (Å²) in [6.07, 6.45) is 4.68. The first kappa shape index (κ1) is 21.4. The standard InChI is InChI=1S/C27H32N2O2/c1-20(25(30)22-10-12-23(13-11-22)26(2,3)4)19-29-16-14-27(15-17-29)18-24(28-31-27)21-8-6-5-7-9-21/h5-13,19H,14-18H2,1-4H3. The van der Waals surface area contributed by atoms with Crippen molar-refractivity contribution in [1.29, 1.82) is 0 Å². The third-order valence-corrected chi connectivity index (χ3v) is 6.40. The van der Waals surface area contributed by atoms with Gasteiger partial charge in [0.1, 0.15) is 5.60 Å². The summed E-state index contributed by atoms with van der Waals surface area (Å²) < 4.78 is 0. The SMILES string of the molecule is CC(=CN1CCC2(CC1)CC(c1ccccc1)=NO2)C(=O)c1ccc(C(C)(C)C)cc1. The third-order valence-electron chi connectivity index (χ3n) is 6.40. The van der Waals surface area contributed by atoms with Gasteiger partial charge in [-0.2, -0.15) is 0 Å². The number of Topliss-reactive ketones (excluding diaryl/α,β-unsaturated/α-hetero) is 1. The van der Waals surface area contributed by atoms with Crippen molar-refractivity contribution in [1.82, 2.24) is 4.90 Å². The quantitative estimate of drug-likeness (QED) is 0.472. The number of rotatable bonds is 4. The van der Waals surface area contributed by atoms with Crippen molar-refractivity contribution in [3.05, 3.63) is 83.1 Å². The molecule has 2 heterocycles. The van der Waals surface area contributed by atoms with Crippen LogP contribution in [0.3, 0.4) is 0 Å². The van der Waals surface area contributed by atoms with E-state index >= 15 is 0 Å². The summed E-state index contributed by atoms with van der Waals surface area (Å²) in [5, 5.41) is 4.39. The number of hydrogen-bond donors (Lipinski definition) is 0. The van der Waals surface area contributed by atoms with Gasteiger partial charge in [0.15, 0.2) is 5.78 Å². The van der Waals surface area contributed by atoms with Gasteiger partial charge in [0.25, 0.3) is 0 Å². The molecule has 2 aliphatic heterocycles. The highest BCUT2D eigenvalue weighted by Crippen LogP contribution is 2.36. The lowest BCUT2D eigenvalue weighted by Crippen LogP contribution is -2.42. The summed E-state index contributed by atoms with van der Waals surface area (Å²) in [6.45, 7) is 10.2. The van der Waals surface area contributed by atoms with Gasteiger partial charge in [-0.1, -0.05) is 80.5 Å². The van der Waals surface area contributed by atoms with Gasteiger partial charge in [0.2, 0.25) is 0 Å². The molecule has 0 unspecified atom stereocenters. The minimum Gasteiger partial charge on any atom is -0.388 e. The summed E-state index contributed by atoms with van der Waals surface area (Å²) in [4.78, 5) is 21.1. The molecule has 1 saturated heterocycles. The molecule has 1 fully saturated rings. The molecule has 0 radical (unpaired) electrons. The van der Waals surface area contributed by atoms with E-state index < -0.39 is 0 Å². The second-order valence-electron chi connectivity index (χ2n) is 9.86. The number of benzene rings is 2. The summed E-state index contributed by atoms with van der Waals surface area (Å²) >= 11 is 0. The van der Waals surface area contributed by atoms with E-state index in [1.165, 1.54) is 5.56 Å². The van der Waals surface area contributed by atoms with Crippen LogP contribution < -0.4 is 0 Å². The maximum Gasteiger partial charge on any atom is 0.190 e. The Balaban J connectivity index is 1.35. The summed E-state index contributed by atoms with van der Waals surface area (Å²) in [7, 11) is 0. The molecule has 4 rings (SSSR count). The van der Waals surface area contributed by atoms with E-state index in [4.69, 9.17) is 4.84 Å². The van der Waals surface area contributed by atoms with Crippen molar-refractivity contribution in [2.45, 2.75) is 58.0 Å². The average Bonchev–Trinajstić information content (AvgIpc) is 3.19. The molecule has 2 aliphatic rings. The van der Waals surface area contributed by atoms with Crippen LogP contribution in [0.5, 0.6) is 0 Å². The second kappa shape index (κ2) is 8.33. The maximum absolute atomic E-state index is 12.9. The topological polar surface area (TPSA) is 41.9 Å². The van der Waals surface area contributed by atoms with Crippen LogP contribution in [0.4, 0.5) is 0 Å². The fraction of sp³-hybridized carbons (Fsp3) is 0.407. The molecule has 0 N–H and O–H groups in total. The van der Waals surface area contributed by atoms with Gasteiger partial charge in [-0.25, -0.2) is 0 Å². The van der Waals surface area contributed by atoms with Gasteiger partial charge in [0, 0.05) is 49.7 Å². The molecular formula is C27H32N2O2. The van der Waals surface area contributed by atoms with E-state index in [1.807, 2.05) is 43.5 Å². The number of likely N-dealkylation sites (tertiary alicyclic amines) is 1. The number of hydrogen-bond acceptors (Lipinski definition) is 4. The van der Waals surface area contributed by atoms with Crippen LogP contribution in [0.2, 0.25) is 0 Å². The highest BCUT2D eigenvalue weighted by Gasteiger charge is 2.42. The van der Waals surface area contributed by atoms with E-state index in [2.05, 4.69) is 55.1 Å². The van der Waals surface area contributed by atoms with Crippen molar-refractivity contribution in [2.24, 2.45) is 5.16 Å². The fourth-order valence-electron chi connectivity index (χ4n) is 4.32. The summed E-state index contributed by atoms with van der Waals surface area (Å²) in [5.74, 6) is 0.0903. The Morgan fingerprint density at radius 1 is 1.03 bits per heavy atom. The molecule has 0 bridgehead atoms. The molecule has 0 amide bonds. The Hall–Kier alpha value is -2.88. The number of ketones is 1. The van der Waals surface area contributed by atoms with Gasteiger partial charge in [-0.3, -0.25) is 4.79 Å². The molecule has 1 spiro atoms. The van der Waals surface area contributed by atoms with Crippen molar-refractivity contribution in [2.75, 3.05) is 13.1 Å². The van der Waals surface area contributed by atoms with E-state index in [9.17, 15) is 4.79 Å². The maximum atomic E-state index is 12.9. The van der Waals surface area contributed by atoms with Crippen molar-refractivity contribution in [3.63, 3.8) is 0 Å². The van der Waals surface area contributed by atoms with Gasteiger partial charge >= 0.3 is 0 Å². The fourth-order valence-corrected chi connectivity index (χ4v) is 4.32. The largest absolute Gasteiger partial charge is 0.388 e. The van der Waals surface area contributed by atoms with Crippen LogP contribution >= 0.6 is 0 Å². The molecule has 0 atom stereocenters. The molecule has 4 nitrogen and oxygen atoms in total. The van der Waals surface area contributed by atoms with Gasteiger partial charge < -0.3 is 9.74 Å². The Morgan fingerprint density at radius 3 is 2.29 bits per heavy atom. The Kier molecular flexibility index (Phi) is 5.74. The normalized spacial score (nSPS) is 18.6. The number of carbonyl (C=O) groups is 1. The van der Waals surface area contributed by atoms with Gasteiger partial charge in [-0.15, -0.1) is 0 Å². The molecular weight excluding hydrogens is 384 g/mol. The average molecular weight is 417 g/mol. The van der Waals surface area contributed by atoms with E-state index in [0.717, 1.165) is 54.8 Å². The van der Waals surface area contributed by atoms with E-state index in [-0.39, 0.29) is 16.8 Å². The minimum atomic E-state index is -0.198. The monoisotopic (exact) mass is 416 g/mol. The zero-order valence-corrected chi connectivity index (χ0v) is 19.0. The second-order valence-corrected chi connectivity index (χ2v) is 9.86. The summed E-state index contributed by atoms with van der Waals surface area (Å²) in [5.41, 5.74) is 4.82. The molecule has 0 saturated carbocycles. The zero-order chi connectivity index (χ0) is 22.1. The third kappa shape index (κ3) is 4.73. The van der Waals surface area contributed by atoms with Crippen molar-refractivity contribution >= 4 is 11.5 Å². The van der Waals surface area contributed by atoms with Crippen LogP contribution in [-0.2, 0) is 10.3 Å². The molecule has 2 aromatic carbocycles. The van der Waals surface area contributed by atoms with E-state index in [1.54, 1.807) is 0 Å². The van der Waals surface area contributed by atoms with E-state index in [0.29, 0.717) is 0 Å². The molecule has 31 heavy (non-hydrogen) atoms. The first-order valence-electron chi connectivity index (χ1n) is 11.1. The van der Waals surface area contributed by atoms with Crippen LogP contribution in [0.25, 0.3) is 0 Å². The molecule has 0 aromatic heterocycles. The lowest BCUT2D eigenvalue weighted by atomic mass is 9.85. The number of nitrogens with zero attached hydrogens (tertiary/aromatic N) is 2. The predicted octanol–water partition coefficient (Wildman–Crippen LogP) is 5.73. The Labute approximate surface area is 185 Å². The number of oxime groups is 1. The molecule has 0 aliphatic carbocycles. The van der Waals surface area contributed by atoms with Crippen LogP contribution in [-0.4, -0.2) is 35.1 Å². The lowest BCUT2D eigenvalue weighted by molar-refractivity contribution is -0.0551. The Bertz CT molecular complexity index is 990. The first-order valence-corrected chi connectivity index (χ1v) is 11.1. The van der Waals surface area contributed by atoms with Gasteiger partial charge in [-0.05, 0) is 23.5 Å². The van der Waals surface area contributed by atoms with Crippen LogP contribution in [0.15, 0.2) is 71.5 Å². The lowest BCUT2D eigenvalue weighted by Gasteiger charge is -2.37. The predicted molar refractivity (Wildman–Crippen MR) is 125 cm³/mol. The highest BCUT2D eigenvalue weighted by atomic mass is 16.7. The number of allylic oxidation sites excluding steroid dienone is 1. The van der Waals surface area contributed by atoms with Crippen molar-refractivity contribution < 1.29 is 9.63 Å². The number of carbonyl (C=O) groups excluding carboxylic acids is 1. The highest BCUT2D eigenvalue weighted by molar-refractivity contribution is 6.08. The van der Waals surface area contributed by atoms with Crippen LogP contribution in [0, 0.1) is 0 Å². The van der Waals surface area contributed by atoms with Crippen molar-refractivity contribution in [3.8, 4) is 0 Å². The minimum absolute atomic E-state index is 0.0859. The van der Waals surface area contributed by atoms with Crippen LogP contribution in [0.1, 0.15) is 68.4 Å². The zero-order valence-electron chi connectivity index (χ0n) is 19.0. The smallest absolute Gasteiger partial charge is 0.190 e. The molecule has 4 heteroatoms. The Morgan fingerprint density at radius 2 is 1.68 bits per heavy atom. The molecule has 2 aromatic rings. The first-order chi connectivity index (χ1) is 14.8. The molecule has 162 valence electrons. The van der Waals surface area contributed by atoms with Gasteiger partial charge in [0.05, 0.1) is 5.71 Å².